The molecule has 0 spiro atoms. The van der Waals surface area contributed by atoms with E-state index in [1.54, 1.807) is 0 Å². The van der Waals surface area contributed by atoms with Gasteiger partial charge in [0, 0.05) is 38.9 Å². The van der Waals surface area contributed by atoms with Crippen molar-refractivity contribution in [3.8, 4) is 0 Å². The SMILES string of the molecule is CCn1nccc1CN(CCO)CC1(C)CCNC1.Cl. The molecule has 116 valence electrons. The van der Waals surface area contributed by atoms with Gasteiger partial charge >= 0.3 is 0 Å². The van der Waals surface area contributed by atoms with Crippen LogP contribution in [0.4, 0.5) is 0 Å². The Morgan fingerprint density at radius 2 is 2.35 bits per heavy atom. The summed E-state index contributed by atoms with van der Waals surface area (Å²) in [5.74, 6) is 0. The van der Waals surface area contributed by atoms with Crippen LogP contribution in [0.15, 0.2) is 12.3 Å². The van der Waals surface area contributed by atoms with E-state index in [9.17, 15) is 5.11 Å². The molecular formula is C14H27ClN4O. The molecule has 1 unspecified atom stereocenters. The number of nitrogens with one attached hydrogen (secondary N) is 1. The van der Waals surface area contributed by atoms with Crippen LogP contribution in [0.2, 0.25) is 0 Å². The summed E-state index contributed by atoms with van der Waals surface area (Å²) < 4.78 is 2.03. The number of nitrogens with zero attached hydrogens (tertiary/aromatic N) is 3. The van der Waals surface area contributed by atoms with Crippen LogP contribution >= 0.6 is 12.4 Å². The third-order valence-corrected chi connectivity index (χ3v) is 3.97. The third kappa shape index (κ3) is 4.45. The van der Waals surface area contributed by atoms with Gasteiger partial charge in [0.15, 0.2) is 0 Å². The van der Waals surface area contributed by atoms with Crippen molar-refractivity contribution in [2.24, 2.45) is 5.41 Å². The Labute approximate surface area is 127 Å². The van der Waals surface area contributed by atoms with Crippen molar-refractivity contribution >= 4 is 12.4 Å². The second-order valence-electron chi connectivity index (χ2n) is 5.81. The molecule has 1 aromatic heterocycles. The Morgan fingerprint density at radius 3 is 2.95 bits per heavy atom. The maximum atomic E-state index is 9.27. The van der Waals surface area contributed by atoms with Gasteiger partial charge in [-0.25, -0.2) is 0 Å². The van der Waals surface area contributed by atoms with E-state index in [1.165, 1.54) is 12.1 Å². The first-order valence-electron chi connectivity index (χ1n) is 7.21. The van der Waals surface area contributed by atoms with Crippen LogP contribution in [0.5, 0.6) is 0 Å². The zero-order valence-electron chi connectivity index (χ0n) is 12.5. The fourth-order valence-corrected chi connectivity index (χ4v) is 2.91. The first-order valence-corrected chi connectivity index (χ1v) is 7.21. The second kappa shape index (κ2) is 7.98. The van der Waals surface area contributed by atoms with Gasteiger partial charge in [-0.15, -0.1) is 12.4 Å². The summed E-state index contributed by atoms with van der Waals surface area (Å²) in [5, 5.41) is 17.0. The summed E-state index contributed by atoms with van der Waals surface area (Å²) in [6.07, 6.45) is 3.07. The quantitative estimate of drug-likeness (QED) is 0.792. The number of hydrogen-bond acceptors (Lipinski definition) is 4. The smallest absolute Gasteiger partial charge is 0.0558 e. The highest BCUT2D eigenvalue weighted by molar-refractivity contribution is 5.85. The number of halogens is 1. The van der Waals surface area contributed by atoms with Gasteiger partial charge in [-0.3, -0.25) is 9.58 Å². The Bertz CT molecular complexity index is 390. The molecule has 1 aliphatic heterocycles. The van der Waals surface area contributed by atoms with Gasteiger partial charge in [0.05, 0.1) is 12.3 Å². The van der Waals surface area contributed by atoms with Crippen LogP contribution in [-0.2, 0) is 13.1 Å². The molecular weight excluding hydrogens is 276 g/mol. The van der Waals surface area contributed by atoms with E-state index < -0.39 is 0 Å². The molecule has 1 saturated heterocycles. The van der Waals surface area contributed by atoms with Crippen molar-refractivity contribution in [1.29, 1.82) is 0 Å². The lowest BCUT2D eigenvalue weighted by Crippen LogP contribution is -2.39. The second-order valence-corrected chi connectivity index (χ2v) is 5.81. The molecule has 0 radical (unpaired) electrons. The normalized spacial score (nSPS) is 22.2. The molecule has 20 heavy (non-hydrogen) atoms. The highest BCUT2D eigenvalue weighted by Crippen LogP contribution is 2.26. The highest BCUT2D eigenvalue weighted by atomic mass is 35.5. The molecule has 2 N–H and O–H groups in total. The molecule has 0 amide bonds. The average Bonchev–Trinajstić information content (AvgIpc) is 2.98. The molecule has 2 heterocycles. The standard InChI is InChI=1S/C14H26N4O.ClH/c1-3-18-13(4-6-16-18)10-17(8-9-19)12-14(2)5-7-15-11-14;/h4,6,15,19H,3,5,7-12H2,1-2H3;1H. The van der Waals surface area contributed by atoms with Crippen molar-refractivity contribution in [3.05, 3.63) is 18.0 Å². The molecule has 1 aliphatic rings. The first-order chi connectivity index (χ1) is 9.17. The van der Waals surface area contributed by atoms with Crippen LogP contribution in [0.25, 0.3) is 0 Å². The van der Waals surface area contributed by atoms with Crippen molar-refractivity contribution in [1.82, 2.24) is 20.0 Å². The number of rotatable bonds is 7. The van der Waals surface area contributed by atoms with E-state index in [4.69, 9.17) is 0 Å². The predicted molar refractivity (Wildman–Crippen MR) is 83.1 cm³/mol. The summed E-state index contributed by atoms with van der Waals surface area (Å²) in [6, 6.07) is 2.07. The Hall–Kier alpha value is -0.620. The minimum atomic E-state index is 0. The maximum Gasteiger partial charge on any atom is 0.0558 e. The molecule has 1 aromatic rings. The van der Waals surface area contributed by atoms with E-state index in [-0.39, 0.29) is 19.0 Å². The molecule has 2 rings (SSSR count). The molecule has 0 saturated carbocycles. The summed E-state index contributed by atoms with van der Waals surface area (Å²) in [4.78, 5) is 2.34. The summed E-state index contributed by atoms with van der Waals surface area (Å²) in [6.45, 7) is 10.3. The van der Waals surface area contributed by atoms with Crippen molar-refractivity contribution in [2.75, 3.05) is 32.8 Å². The van der Waals surface area contributed by atoms with Crippen LogP contribution in [-0.4, -0.2) is 52.6 Å². The predicted octanol–water partition coefficient (Wildman–Crippen LogP) is 1.12. The molecule has 1 atom stereocenters. The number of aliphatic hydroxyl groups excluding tert-OH is 1. The third-order valence-electron chi connectivity index (χ3n) is 3.97. The first kappa shape index (κ1) is 17.4. The fourth-order valence-electron chi connectivity index (χ4n) is 2.91. The number of aryl methyl sites for hydroxylation is 1. The minimum absolute atomic E-state index is 0. The summed E-state index contributed by atoms with van der Waals surface area (Å²) >= 11 is 0. The molecule has 0 aromatic carbocycles. The monoisotopic (exact) mass is 302 g/mol. The fraction of sp³-hybridized carbons (Fsp3) is 0.786. The van der Waals surface area contributed by atoms with Crippen LogP contribution in [0.1, 0.15) is 26.0 Å². The highest BCUT2D eigenvalue weighted by Gasteiger charge is 2.30. The summed E-state index contributed by atoms with van der Waals surface area (Å²) in [7, 11) is 0. The van der Waals surface area contributed by atoms with Crippen LogP contribution in [0, 0.1) is 5.41 Å². The van der Waals surface area contributed by atoms with E-state index in [2.05, 4.69) is 35.2 Å². The summed E-state index contributed by atoms with van der Waals surface area (Å²) in [5.41, 5.74) is 1.55. The Morgan fingerprint density at radius 1 is 1.55 bits per heavy atom. The molecule has 5 nitrogen and oxygen atoms in total. The largest absolute Gasteiger partial charge is 0.395 e. The van der Waals surface area contributed by atoms with Gasteiger partial charge in [-0.2, -0.15) is 5.10 Å². The van der Waals surface area contributed by atoms with E-state index >= 15 is 0 Å². The van der Waals surface area contributed by atoms with E-state index in [0.717, 1.165) is 39.3 Å². The minimum Gasteiger partial charge on any atom is -0.395 e. The Balaban J connectivity index is 0.00000200. The van der Waals surface area contributed by atoms with Crippen molar-refractivity contribution in [3.63, 3.8) is 0 Å². The molecule has 6 heteroatoms. The van der Waals surface area contributed by atoms with Crippen molar-refractivity contribution < 1.29 is 5.11 Å². The van der Waals surface area contributed by atoms with Crippen molar-refractivity contribution in [2.45, 2.75) is 33.4 Å². The zero-order valence-corrected chi connectivity index (χ0v) is 13.3. The molecule has 0 aliphatic carbocycles. The molecule has 0 bridgehead atoms. The zero-order chi connectivity index (χ0) is 13.7. The van der Waals surface area contributed by atoms with Crippen LogP contribution < -0.4 is 5.32 Å². The lowest BCUT2D eigenvalue weighted by molar-refractivity contribution is 0.135. The van der Waals surface area contributed by atoms with E-state index in [0.29, 0.717) is 5.41 Å². The molecule has 1 fully saturated rings. The van der Waals surface area contributed by atoms with Crippen LogP contribution in [0.3, 0.4) is 0 Å². The van der Waals surface area contributed by atoms with Gasteiger partial charge in [0.2, 0.25) is 0 Å². The number of aliphatic hydroxyl groups is 1. The van der Waals surface area contributed by atoms with Gasteiger partial charge in [0.25, 0.3) is 0 Å². The lowest BCUT2D eigenvalue weighted by Gasteiger charge is -2.31. The topological polar surface area (TPSA) is 53.3 Å². The van der Waals surface area contributed by atoms with Gasteiger partial charge in [0.1, 0.15) is 0 Å². The van der Waals surface area contributed by atoms with Gasteiger partial charge in [-0.05, 0) is 31.4 Å². The Kier molecular flexibility index (Phi) is 6.95. The van der Waals surface area contributed by atoms with Gasteiger partial charge < -0.3 is 10.4 Å². The number of aromatic nitrogens is 2. The van der Waals surface area contributed by atoms with Gasteiger partial charge in [-0.1, -0.05) is 6.92 Å². The van der Waals surface area contributed by atoms with E-state index in [1.807, 2.05) is 10.9 Å². The number of hydrogen-bond donors (Lipinski definition) is 2. The average molecular weight is 303 g/mol. The maximum absolute atomic E-state index is 9.27. The lowest BCUT2D eigenvalue weighted by atomic mass is 9.89.